The Hall–Kier alpha value is -2.97. The fourth-order valence-corrected chi connectivity index (χ4v) is 5.77. The molecule has 3 aromatic rings. The molecule has 1 aliphatic carbocycles. The van der Waals surface area contributed by atoms with Gasteiger partial charge in [-0.15, -0.1) is 22.7 Å². The predicted molar refractivity (Wildman–Crippen MR) is 129 cm³/mol. The fourth-order valence-electron chi connectivity index (χ4n) is 3.83. The molecule has 6 nitrogen and oxygen atoms in total. The molecule has 1 atom stereocenters. The molecule has 0 radical (unpaired) electrons. The number of aryl methyl sites for hydroxylation is 2. The van der Waals surface area contributed by atoms with Gasteiger partial charge in [-0.25, -0.2) is 0 Å². The van der Waals surface area contributed by atoms with Gasteiger partial charge in [0.25, 0.3) is 11.8 Å². The first-order chi connectivity index (χ1) is 15.5. The van der Waals surface area contributed by atoms with Gasteiger partial charge < -0.3 is 16.0 Å². The minimum absolute atomic E-state index is 0.182. The lowest BCUT2D eigenvalue weighted by atomic mass is 9.95. The maximum absolute atomic E-state index is 13.4. The van der Waals surface area contributed by atoms with Crippen LogP contribution in [0.2, 0.25) is 0 Å². The van der Waals surface area contributed by atoms with Crippen molar-refractivity contribution in [2.75, 3.05) is 12.4 Å². The van der Waals surface area contributed by atoms with Crippen molar-refractivity contribution in [3.8, 4) is 0 Å². The van der Waals surface area contributed by atoms with E-state index >= 15 is 0 Å². The Kier molecular flexibility index (Phi) is 6.72. The standard InChI is InChI=1S/C24H25N3O3S2/c1-14-9-11-15(12-10-14)20(28)21(26-22(29)18-8-5-13-31-18)27-24-19(23(30)25-2)16-6-3-4-7-17(16)32-24/h5,8-13,21,27H,3-4,6-7H2,1-2H3,(H,25,30)(H,26,29). The first-order valence-corrected chi connectivity index (χ1v) is 12.3. The van der Waals surface area contributed by atoms with E-state index in [9.17, 15) is 14.4 Å². The van der Waals surface area contributed by atoms with Crippen molar-refractivity contribution in [1.29, 1.82) is 0 Å². The predicted octanol–water partition coefficient (Wildman–Crippen LogP) is 4.41. The van der Waals surface area contributed by atoms with Crippen LogP contribution in [0.5, 0.6) is 0 Å². The van der Waals surface area contributed by atoms with Gasteiger partial charge in [-0.05, 0) is 49.6 Å². The van der Waals surface area contributed by atoms with E-state index in [4.69, 9.17) is 0 Å². The summed E-state index contributed by atoms with van der Waals surface area (Å²) in [7, 11) is 1.60. The van der Waals surface area contributed by atoms with Crippen LogP contribution in [0.4, 0.5) is 5.00 Å². The van der Waals surface area contributed by atoms with Crippen LogP contribution < -0.4 is 16.0 Å². The Morgan fingerprint density at radius 2 is 1.75 bits per heavy atom. The van der Waals surface area contributed by atoms with Crippen molar-refractivity contribution in [2.24, 2.45) is 0 Å². The Morgan fingerprint density at radius 3 is 2.44 bits per heavy atom. The minimum Gasteiger partial charge on any atom is -0.355 e. The second-order valence-electron chi connectivity index (χ2n) is 7.75. The number of anilines is 1. The molecule has 2 aromatic heterocycles. The zero-order chi connectivity index (χ0) is 22.7. The molecular weight excluding hydrogens is 442 g/mol. The van der Waals surface area contributed by atoms with Gasteiger partial charge in [0.05, 0.1) is 10.4 Å². The highest BCUT2D eigenvalue weighted by Crippen LogP contribution is 2.38. The zero-order valence-electron chi connectivity index (χ0n) is 18.0. The lowest BCUT2D eigenvalue weighted by Gasteiger charge is -2.20. The SMILES string of the molecule is CNC(=O)c1c(NC(NC(=O)c2cccs2)C(=O)c2ccc(C)cc2)sc2c1CCCC2. The third-order valence-electron chi connectivity index (χ3n) is 5.52. The minimum atomic E-state index is -1.00. The monoisotopic (exact) mass is 467 g/mol. The number of carbonyl (C=O) groups is 3. The van der Waals surface area contributed by atoms with Crippen LogP contribution in [0, 0.1) is 6.92 Å². The van der Waals surface area contributed by atoms with Crippen molar-refractivity contribution in [3.63, 3.8) is 0 Å². The van der Waals surface area contributed by atoms with Crippen molar-refractivity contribution in [2.45, 2.75) is 38.8 Å². The van der Waals surface area contributed by atoms with Crippen molar-refractivity contribution >= 4 is 45.3 Å². The summed E-state index contributed by atoms with van der Waals surface area (Å²) >= 11 is 2.81. The highest BCUT2D eigenvalue weighted by Gasteiger charge is 2.29. The molecule has 1 aliphatic rings. The smallest absolute Gasteiger partial charge is 0.263 e. The van der Waals surface area contributed by atoms with Gasteiger partial charge in [-0.1, -0.05) is 35.9 Å². The topological polar surface area (TPSA) is 87.3 Å². The number of carbonyl (C=O) groups excluding carboxylic acids is 3. The number of hydrogen-bond donors (Lipinski definition) is 3. The molecule has 2 amide bonds. The van der Waals surface area contributed by atoms with Gasteiger partial charge >= 0.3 is 0 Å². The summed E-state index contributed by atoms with van der Waals surface area (Å²) in [5, 5.41) is 11.2. The molecule has 8 heteroatoms. The van der Waals surface area contributed by atoms with E-state index < -0.39 is 6.17 Å². The summed E-state index contributed by atoms with van der Waals surface area (Å²) in [5.41, 5.74) is 3.16. The third kappa shape index (κ3) is 4.61. The summed E-state index contributed by atoms with van der Waals surface area (Å²) in [4.78, 5) is 40.6. The molecule has 0 bridgehead atoms. The number of Topliss-reactive ketones (excluding diaryl/α,β-unsaturated/α-hetero) is 1. The second kappa shape index (κ2) is 9.67. The van der Waals surface area contributed by atoms with Gasteiger partial charge in [0.1, 0.15) is 5.00 Å². The average molecular weight is 468 g/mol. The Labute approximate surface area is 195 Å². The van der Waals surface area contributed by atoms with Crippen molar-refractivity contribution < 1.29 is 14.4 Å². The quantitative estimate of drug-likeness (QED) is 0.355. The molecule has 3 N–H and O–H groups in total. The van der Waals surface area contributed by atoms with Crippen LogP contribution in [-0.2, 0) is 12.8 Å². The second-order valence-corrected chi connectivity index (χ2v) is 9.81. The molecule has 32 heavy (non-hydrogen) atoms. The van der Waals surface area contributed by atoms with E-state index in [0.29, 0.717) is 21.0 Å². The van der Waals surface area contributed by atoms with E-state index in [1.54, 1.807) is 31.3 Å². The van der Waals surface area contributed by atoms with Crippen LogP contribution in [0.15, 0.2) is 41.8 Å². The van der Waals surface area contributed by atoms with Crippen LogP contribution in [-0.4, -0.2) is 30.8 Å². The summed E-state index contributed by atoms with van der Waals surface area (Å²) in [6.07, 6.45) is 2.88. The first kappa shape index (κ1) is 22.2. The Balaban J connectivity index is 1.69. The molecule has 0 saturated carbocycles. The van der Waals surface area contributed by atoms with E-state index in [-0.39, 0.29) is 17.6 Å². The van der Waals surface area contributed by atoms with Gasteiger partial charge in [0.15, 0.2) is 6.17 Å². The van der Waals surface area contributed by atoms with Gasteiger partial charge in [-0.3, -0.25) is 14.4 Å². The normalized spacial score (nSPS) is 13.7. The Morgan fingerprint density at radius 1 is 1.00 bits per heavy atom. The molecule has 2 heterocycles. The lowest BCUT2D eigenvalue weighted by Crippen LogP contribution is -2.46. The first-order valence-electron chi connectivity index (χ1n) is 10.6. The lowest BCUT2D eigenvalue weighted by molar-refractivity contribution is 0.0872. The maximum Gasteiger partial charge on any atom is 0.263 e. The molecule has 0 spiro atoms. The molecular formula is C24H25N3O3S2. The van der Waals surface area contributed by atoms with E-state index in [0.717, 1.165) is 36.8 Å². The van der Waals surface area contributed by atoms with Gasteiger partial charge in [0.2, 0.25) is 5.78 Å². The third-order valence-corrected chi connectivity index (χ3v) is 7.61. The summed E-state index contributed by atoms with van der Waals surface area (Å²) < 4.78 is 0. The Bertz CT molecular complexity index is 1130. The number of nitrogens with one attached hydrogen (secondary N) is 3. The molecule has 166 valence electrons. The van der Waals surface area contributed by atoms with Crippen LogP contribution >= 0.6 is 22.7 Å². The number of rotatable bonds is 7. The highest BCUT2D eigenvalue weighted by molar-refractivity contribution is 7.16. The largest absolute Gasteiger partial charge is 0.355 e. The number of hydrogen-bond acceptors (Lipinski definition) is 6. The molecule has 0 fully saturated rings. The van der Waals surface area contributed by atoms with E-state index in [1.165, 1.54) is 27.6 Å². The summed E-state index contributed by atoms with van der Waals surface area (Å²) in [5.74, 6) is -0.775. The molecule has 0 saturated heterocycles. The number of amides is 2. The molecule has 0 aliphatic heterocycles. The van der Waals surface area contributed by atoms with Crippen LogP contribution in [0.3, 0.4) is 0 Å². The zero-order valence-corrected chi connectivity index (χ0v) is 19.6. The number of ketones is 1. The van der Waals surface area contributed by atoms with Crippen LogP contribution in [0.25, 0.3) is 0 Å². The summed E-state index contributed by atoms with van der Waals surface area (Å²) in [6, 6.07) is 10.7. The van der Waals surface area contributed by atoms with E-state index in [1.807, 2.05) is 24.4 Å². The van der Waals surface area contributed by atoms with Crippen molar-refractivity contribution in [1.82, 2.24) is 10.6 Å². The van der Waals surface area contributed by atoms with Gasteiger partial charge in [-0.2, -0.15) is 0 Å². The van der Waals surface area contributed by atoms with E-state index in [2.05, 4.69) is 16.0 Å². The number of fused-ring (bicyclic) bond motifs is 1. The highest BCUT2D eigenvalue weighted by atomic mass is 32.1. The fraction of sp³-hybridized carbons (Fsp3) is 0.292. The van der Waals surface area contributed by atoms with Crippen molar-refractivity contribution in [3.05, 3.63) is 73.8 Å². The molecule has 4 rings (SSSR count). The van der Waals surface area contributed by atoms with Crippen LogP contribution in [0.1, 0.15) is 59.2 Å². The summed E-state index contributed by atoms with van der Waals surface area (Å²) in [6.45, 7) is 1.95. The number of benzene rings is 1. The average Bonchev–Trinajstić information content (AvgIpc) is 3.46. The maximum atomic E-state index is 13.4. The van der Waals surface area contributed by atoms with Gasteiger partial charge in [0, 0.05) is 17.5 Å². The number of thiophene rings is 2. The molecule has 1 unspecified atom stereocenters. The molecule has 1 aromatic carbocycles.